The van der Waals surface area contributed by atoms with Gasteiger partial charge in [0, 0.05) is 13.1 Å². The molecule has 0 aromatic rings. The Morgan fingerprint density at radius 2 is 2.04 bits per heavy atom. The van der Waals surface area contributed by atoms with Gasteiger partial charge in [0.15, 0.2) is 0 Å². The Hall–Kier alpha value is -2.24. The summed E-state index contributed by atoms with van der Waals surface area (Å²) in [5, 5.41) is 5.74. The first-order chi connectivity index (χ1) is 10.8. The maximum atomic E-state index is 12.1. The number of carbonyl (C=O) groups is 2. The van der Waals surface area contributed by atoms with Crippen LogP contribution in [0.2, 0.25) is 0 Å². The Labute approximate surface area is 136 Å². The van der Waals surface area contributed by atoms with E-state index < -0.39 is 5.60 Å². The molecular formula is C17H23N3O3. The number of fused-ring (bicyclic) bond motifs is 1. The monoisotopic (exact) mass is 317 g/mol. The van der Waals surface area contributed by atoms with Gasteiger partial charge in [-0.05, 0) is 38.3 Å². The quantitative estimate of drug-likeness (QED) is 0.778. The Morgan fingerprint density at radius 1 is 1.30 bits per heavy atom. The van der Waals surface area contributed by atoms with E-state index in [9.17, 15) is 9.59 Å². The van der Waals surface area contributed by atoms with Gasteiger partial charge < -0.3 is 20.3 Å². The molecule has 124 valence electrons. The molecule has 3 amide bonds. The number of allylic oxidation sites excluding steroid dienone is 2. The van der Waals surface area contributed by atoms with E-state index in [0.29, 0.717) is 13.1 Å². The van der Waals surface area contributed by atoms with E-state index in [-0.39, 0.29) is 24.2 Å². The predicted molar refractivity (Wildman–Crippen MR) is 87.0 cm³/mol. The molecule has 0 spiro atoms. The van der Waals surface area contributed by atoms with Gasteiger partial charge in [0.2, 0.25) is 0 Å². The molecule has 1 fully saturated rings. The van der Waals surface area contributed by atoms with Gasteiger partial charge >= 0.3 is 12.1 Å². The summed E-state index contributed by atoms with van der Waals surface area (Å²) in [6.45, 7) is 6.80. The summed E-state index contributed by atoms with van der Waals surface area (Å²) >= 11 is 0. The maximum Gasteiger partial charge on any atom is 0.410 e. The number of rotatable bonds is 1. The largest absolute Gasteiger partial charge is 0.444 e. The summed E-state index contributed by atoms with van der Waals surface area (Å²) < 4.78 is 5.40. The number of nitrogens with zero attached hydrogens (tertiary/aromatic N) is 1. The molecule has 0 bridgehead atoms. The fourth-order valence-electron chi connectivity index (χ4n) is 2.93. The molecule has 0 aromatic heterocycles. The Balaban J connectivity index is 1.63. The summed E-state index contributed by atoms with van der Waals surface area (Å²) in [6, 6.07) is -0.0862. The zero-order valence-corrected chi connectivity index (χ0v) is 13.8. The van der Waals surface area contributed by atoms with Crippen molar-refractivity contribution in [3.63, 3.8) is 0 Å². The van der Waals surface area contributed by atoms with E-state index in [1.165, 1.54) is 5.57 Å². The minimum absolute atomic E-state index is 0.00675. The van der Waals surface area contributed by atoms with E-state index in [0.717, 1.165) is 12.0 Å². The molecule has 0 radical (unpaired) electrons. The van der Waals surface area contributed by atoms with E-state index in [1.807, 2.05) is 32.9 Å². The van der Waals surface area contributed by atoms with E-state index >= 15 is 0 Å². The van der Waals surface area contributed by atoms with Crippen molar-refractivity contribution >= 4 is 12.1 Å². The summed E-state index contributed by atoms with van der Waals surface area (Å²) in [6.07, 6.45) is 8.72. The Morgan fingerprint density at radius 3 is 2.70 bits per heavy atom. The van der Waals surface area contributed by atoms with Crippen LogP contribution < -0.4 is 10.6 Å². The molecule has 0 unspecified atom stereocenters. The molecule has 6 nitrogen and oxygen atoms in total. The van der Waals surface area contributed by atoms with Crippen LogP contribution in [0.25, 0.3) is 0 Å². The van der Waals surface area contributed by atoms with Crippen molar-refractivity contribution < 1.29 is 14.3 Å². The van der Waals surface area contributed by atoms with Crippen molar-refractivity contribution in [2.24, 2.45) is 0 Å². The second-order valence-electron chi connectivity index (χ2n) is 7.06. The molecule has 2 heterocycles. The van der Waals surface area contributed by atoms with Crippen LogP contribution in [0.15, 0.2) is 35.5 Å². The molecule has 2 aliphatic heterocycles. The highest BCUT2D eigenvalue weighted by Gasteiger charge is 2.31. The average molecular weight is 317 g/mol. The zero-order chi connectivity index (χ0) is 16.6. The van der Waals surface area contributed by atoms with Crippen LogP contribution in [0.3, 0.4) is 0 Å². The molecule has 23 heavy (non-hydrogen) atoms. The first-order valence-corrected chi connectivity index (χ1v) is 7.96. The molecule has 0 saturated carbocycles. The van der Waals surface area contributed by atoms with Crippen LogP contribution >= 0.6 is 0 Å². The van der Waals surface area contributed by atoms with Crippen LogP contribution in [0.5, 0.6) is 0 Å². The SMILES string of the molecule is CC(C)(C)OC(=O)N1CC=C(C2=C[C@H]3NC(=O)N[C@@H]3C=C2)CC1. The number of amides is 3. The first-order valence-electron chi connectivity index (χ1n) is 7.96. The van der Waals surface area contributed by atoms with Gasteiger partial charge in [0.1, 0.15) is 5.60 Å². The third kappa shape index (κ3) is 3.57. The molecular weight excluding hydrogens is 294 g/mol. The summed E-state index contributed by atoms with van der Waals surface area (Å²) in [5.41, 5.74) is 1.86. The summed E-state index contributed by atoms with van der Waals surface area (Å²) in [5.74, 6) is 0. The van der Waals surface area contributed by atoms with Crippen molar-refractivity contribution in [2.45, 2.75) is 44.9 Å². The zero-order valence-electron chi connectivity index (χ0n) is 13.8. The summed E-state index contributed by atoms with van der Waals surface area (Å²) in [7, 11) is 0. The number of nitrogens with one attached hydrogen (secondary N) is 2. The van der Waals surface area contributed by atoms with Crippen LogP contribution in [0.4, 0.5) is 9.59 Å². The van der Waals surface area contributed by atoms with Crippen LogP contribution in [-0.2, 0) is 4.74 Å². The molecule has 1 aliphatic carbocycles. The minimum Gasteiger partial charge on any atom is -0.444 e. The smallest absolute Gasteiger partial charge is 0.410 e. The topological polar surface area (TPSA) is 70.7 Å². The molecule has 2 N–H and O–H groups in total. The lowest BCUT2D eigenvalue weighted by Crippen LogP contribution is -2.39. The van der Waals surface area contributed by atoms with Gasteiger partial charge in [0.25, 0.3) is 0 Å². The number of hydrogen-bond acceptors (Lipinski definition) is 3. The number of hydrogen-bond donors (Lipinski definition) is 2. The Kier molecular flexibility index (Phi) is 3.92. The van der Waals surface area contributed by atoms with E-state index in [1.54, 1.807) is 4.90 Å². The Bertz CT molecular complexity index is 613. The number of ether oxygens (including phenoxy) is 1. The number of carbonyl (C=O) groups excluding carboxylic acids is 2. The van der Waals surface area contributed by atoms with Crippen molar-refractivity contribution in [3.05, 3.63) is 35.5 Å². The van der Waals surface area contributed by atoms with E-state index in [4.69, 9.17) is 4.74 Å². The minimum atomic E-state index is -0.474. The van der Waals surface area contributed by atoms with Gasteiger partial charge in [-0.1, -0.05) is 24.3 Å². The van der Waals surface area contributed by atoms with Crippen LogP contribution in [0.1, 0.15) is 27.2 Å². The second-order valence-corrected chi connectivity index (χ2v) is 7.06. The van der Waals surface area contributed by atoms with Crippen molar-refractivity contribution in [1.82, 2.24) is 15.5 Å². The van der Waals surface area contributed by atoms with Crippen molar-refractivity contribution in [2.75, 3.05) is 13.1 Å². The average Bonchev–Trinajstić information content (AvgIpc) is 2.84. The second kappa shape index (κ2) is 5.76. The lowest BCUT2D eigenvalue weighted by atomic mass is 9.91. The fraction of sp³-hybridized carbons (Fsp3) is 0.529. The standard InChI is InChI=1S/C17H23N3O3/c1-17(2,3)23-16(22)20-8-6-11(7-9-20)12-4-5-13-14(10-12)19-15(21)18-13/h4-6,10,13-14H,7-9H2,1-3H3,(H2,18,19,21)/t13-,14-/m1/s1. The maximum absolute atomic E-state index is 12.1. The van der Waals surface area contributed by atoms with Gasteiger partial charge in [-0.3, -0.25) is 0 Å². The molecule has 3 aliphatic rings. The highest BCUT2D eigenvalue weighted by molar-refractivity contribution is 5.79. The first kappa shape index (κ1) is 15.6. The lowest BCUT2D eigenvalue weighted by Gasteiger charge is -2.30. The van der Waals surface area contributed by atoms with Gasteiger partial charge in [-0.2, -0.15) is 0 Å². The van der Waals surface area contributed by atoms with E-state index in [2.05, 4.69) is 22.8 Å². The third-order valence-corrected chi connectivity index (χ3v) is 4.06. The molecule has 1 saturated heterocycles. The fourth-order valence-corrected chi connectivity index (χ4v) is 2.93. The van der Waals surface area contributed by atoms with Crippen LogP contribution in [-0.4, -0.2) is 47.8 Å². The lowest BCUT2D eigenvalue weighted by molar-refractivity contribution is 0.0266. The van der Waals surface area contributed by atoms with Crippen LogP contribution in [0, 0.1) is 0 Å². The highest BCUT2D eigenvalue weighted by atomic mass is 16.6. The third-order valence-electron chi connectivity index (χ3n) is 4.06. The number of urea groups is 1. The molecule has 3 rings (SSSR count). The van der Waals surface area contributed by atoms with Gasteiger partial charge in [-0.15, -0.1) is 0 Å². The van der Waals surface area contributed by atoms with Gasteiger partial charge in [0.05, 0.1) is 12.1 Å². The normalized spacial score (nSPS) is 26.7. The predicted octanol–water partition coefficient (Wildman–Crippen LogP) is 2.10. The molecule has 2 atom stereocenters. The summed E-state index contributed by atoms with van der Waals surface area (Å²) in [4.78, 5) is 25.2. The van der Waals surface area contributed by atoms with Crippen molar-refractivity contribution in [3.8, 4) is 0 Å². The van der Waals surface area contributed by atoms with Crippen molar-refractivity contribution in [1.29, 1.82) is 0 Å². The molecule has 6 heteroatoms. The highest BCUT2D eigenvalue weighted by Crippen LogP contribution is 2.26. The van der Waals surface area contributed by atoms with Gasteiger partial charge in [-0.25, -0.2) is 9.59 Å². The molecule has 0 aromatic carbocycles.